The Kier molecular flexibility index (Phi) is 4.24. The molecule has 1 aliphatic heterocycles. The largest absolute Gasteiger partial charge is 0.459 e. The van der Waals surface area contributed by atoms with Gasteiger partial charge in [-0.1, -0.05) is 13.8 Å². The molecule has 9 rings (SSSR count). The van der Waals surface area contributed by atoms with Crippen molar-refractivity contribution in [2.75, 3.05) is 0 Å². The Bertz CT molecular complexity index is 821. The first-order valence-corrected chi connectivity index (χ1v) is 14.9. The summed E-state index contributed by atoms with van der Waals surface area (Å²) in [6, 6.07) is 0. The lowest BCUT2D eigenvalue weighted by atomic mass is 9.50. The molecule has 8 saturated carbocycles. The summed E-state index contributed by atoms with van der Waals surface area (Å²) >= 11 is 0. The Morgan fingerprint density at radius 2 is 1.36 bits per heavy atom. The van der Waals surface area contributed by atoms with Crippen molar-refractivity contribution in [3.8, 4) is 0 Å². The molecule has 0 aromatic rings. The van der Waals surface area contributed by atoms with E-state index in [-0.39, 0.29) is 17.5 Å². The van der Waals surface area contributed by atoms with E-state index >= 15 is 0 Å². The average molecular weight is 453 g/mol. The van der Waals surface area contributed by atoms with Crippen LogP contribution in [0.25, 0.3) is 0 Å². The summed E-state index contributed by atoms with van der Waals surface area (Å²) in [6.07, 6.45) is 14.0. The minimum Gasteiger partial charge on any atom is -0.459 e. The van der Waals surface area contributed by atoms with E-state index in [9.17, 15) is 4.79 Å². The molecule has 0 N–H and O–H groups in total. The summed E-state index contributed by atoms with van der Waals surface area (Å²) in [6.45, 7) is 7.00. The van der Waals surface area contributed by atoms with Crippen molar-refractivity contribution in [1.82, 2.24) is 0 Å². The van der Waals surface area contributed by atoms with Crippen molar-refractivity contribution in [1.29, 1.82) is 0 Å². The molecule has 9 fully saturated rings. The standard InChI is InChI=1S/C30H44O3/c1-4-23-27-21-13-22(28(27)24(5-2)32-23)26-19-11-16(25(21)26)12-20(19)29(31)33-30(3)17-7-14-6-15(9-17)10-18(30)8-14/h14-28H,4-13H2,1-3H3. The predicted molar refractivity (Wildman–Crippen MR) is 126 cm³/mol. The smallest absolute Gasteiger partial charge is 0.309 e. The fourth-order valence-electron chi connectivity index (χ4n) is 12.8. The third-order valence-corrected chi connectivity index (χ3v) is 13.5. The third kappa shape index (κ3) is 2.50. The van der Waals surface area contributed by atoms with E-state index in [2.05, 4.69) is 20.8 Å². The van der Waals surface area contributed by atoms with Crippen molar-refractivity contribution >= 4 is 5.97 Å². The molecule has 8 bridgehead atoms. The topological polar surface area (TPSA) is 35.5 Å². The predicted octanol–water partition coefficient (Wildman–Crippen LogP) is 6.10. The summed E-state index contributed by atoms with van der Waals surface area (Å²) in [7, 11) is 0. The maximum Gasteiger partial charge on any atom is 0.309 e. The zero-order valence-corrected chi connectivity index (χ0v) is 21.0. The number of fused-ring (bicyclic) bond motifs is 12. The molecule has 3 nitrogen and oxygen atoms in total. The first-order chi connectivity index (χ1) is 16.0. The number of carbonyl (C=O) groups is 1. The van der Waals surface area contributed by atoms with E-state index in [1.807, 2.05) is 0 Å². The quantitative estimate of drug-likeness (QED) is 0.382. The van der Waals surface area contributed by atoms with Gasteiger partial charge in [0.2, 0.25) is 0 Å². The minimum absolute atomic E-state index is 0.160. The number of carbonyl (C=O) groups excluding carboxylic acids is 1. The summed E-state index contributed by atoms with van der Waals surface area (Å²) in [5.41, 5.74) is -0.160. The Balaban J connectivity index is 1.03. The van der Waals surface area contributed by atoms with Crippen LogP contribution in [0.5, 0.6) is 0 Å². The van der Waals surface area contributed by atoms with Crippen LogP contribution in [0.4, 0.5) is 0 Å². The van der Waals surface area contributed by atoms with Gasteiger partial charge in [-0.15, -0.1) is 0 Å². The van der Waals surface area contributed by atoms with Gasteiger partial charge in [0.05, 0.1) is 18.1 Å². The van der Waals surface area contributed by atoms with E-state index in [1.165, 1.54) is 57.8 Å². The van der Waals surface area contributed by atoms with Crippen LogP contribution in [0.3, 0.4) is 0 Å². The van der Waals surface area contributed by atoms with Gasteiger partial charge in [-0.25, -0.2) is 0 Å². The Morgan fingerprint density at radius 1 is 0.758 bits per heavy atom. The van der Waals surface area contributed by atoms with E-state index in [4.69, 9.17) is 9.47 Å². The fraction of sp³-hybridized carbons (Fsp3) is 0.967. The average Bonchev–Trinajstić information content (AvgIpc) is 3.59. The van der Waals surface area contributed by atoms with Crippen LogP contribution in [0, 0.1) is 76.9 Å². The van der Waals surface area contributed by atoms with Gasteiger partial charge in [-0.2, -0.15) is 0 Å². The van der Waals surface area contributed by atoms with Gasteiger partial charge in [0.25, 0.3) is 0 Å². The Labute approximate surface area is 200 Å². The van der Waals surface area contributed by atoms with Crippen LogP contribution in [0.2, 0.25) is 0 Å². The van der Waals surface area contributed by atoms with E-state index < -0.39 is 0 Å². The molecule has 182 valence electrons. The van der Waals surface area contributed by atoms with Crippen molar-refractivity contribution in [2.24, 2.45) is 76.9 Å². The summed E-state index contributed by atoms with van der Waals surface area (Å²) < 4.78 is 13.3. The van der Waals surface area contributed by atoms with Crippen LogP contribution < -0.4 is 0 Å². The maximum atomic E-state index is 13.8. The van der Waals surface area contributed by atoms with Gasteiger partial charge in [0.15, 0.2) is 0 Å². The molecule has 1 heterocycles. The number of ether oxygens (including phenoxy) is 2. The van der Waals surface area contributed by atoms with Crippen LogP contribution in [0.1, 0.15) is 85.0 Å². The van der Waals surface area contributed by atoms with Gasteiger partial charge in [0.1, 0.15) is 5.60 Å². The van der Waals surface area contributed by atoms with Gasteiger partial charge >= 0.3 is 5.97 Å². The molecule has 0 amide bonds. The van der Waals surface area contributed by atoms with Crippen LogP contribution in [-0.4, -0.2) is 23.8 Å². The van der Waals surface area contributed by atoms with Crippen molar-refractivity contribution in [2.45, 2.75) is 103 Å². The number of hydrogen-bond donors (Lipinski definition) is 0. The molecule has 11 atom stereocenters. The number of esters is 1. The first kappa shape index (κ1) is 20.6. The Morgan fingerprint density at radius 3 is 1.97 bits per heavy atom. The highest BCUT2D eigenvalue weighted by atomic mass is 16.6. The molecule has 8 aliphatic carbocycles. The zero-order chi connectivity index (χ0) is 22.2. The van der Waals surface area contributed by atoms with Crippen molar-refractivity contribution in [3.05, 3.63) is 0 Å². The molecule has 0 aromatic carbocycles. The fourth-order valence-corrected chi connectivity index (χ4v) is 12.8. The highest BCUT2D eigenvalue weighted by molar-refractivity contribution is 5.74. The van der Waals surface area contributed by atoms with E-state index in [0.29, 0.717) is 30.0 Å². The van der Waals surface area contributed by atoms with Crippen LogP contribution in [0.15, 0.2) is 0 Å². The van der Waals surface area contributed by atoms with Gasteiger partial charge in [-0.05, 0) is 142 Å². The Hall–Kier alpha value is -0.570. The van der Waals surface area contributed by atoms with E-state index in [1.54, 1.807) is 0 Å². The molecule has 9 aliphatic rings. The van der Waals surface area contributed by atoms with Gasteiger partial charge < -0.3 is 9.47 Å². The molecule has 0 radical (unpaired) electrons. The highest BCUT2D eigenvalue weighted by Gasteiger charge is 2.72. The molecular formula is C30H44O3. The van der Waals surface area contributed by atoms with E-state index in [0.717, 1.165) is 59.7 Å². The number of rotatable bonds is 4. The SMILES string of the molecule is CCC1OC(CC)C2C3CC(C4C5CC(C(=O)OC6(C)C7CC8CC(C7)CC6C8)C(C5)C34)C12. The molecular weight excluding hydrogens is 408 g/mol. The second-order valence-corrected chi connectivity index (χ2v) is 14.3. The van der Waals surface area contributed by atoms with Gasteiger partial charge in [-0.3, -0.25) is 4.79 Å². The molecule has 3 heteroatoms. The molecule has 0 spiro atoms. The normalized spacial score (nSPS) is 63.3. The summed E-state index contributed by atoms with van der Waals surface area (Å²) in [5.74, 6) is 9.97. The van der Waals surface area contributed by atoms with Gasteiger partial charge in [0, 0.05) is 0 Å². The lowest BCUT2D eigenvalue weighted by Gasteiger charge is -2.59. The number of hydrogen-bond acceptors (Lipinski definition) is 3. The molecule has 1 saturated heterocycles. The second-order valence-electron chi connectivity index (χ2n) is 14.3. The molecule has 0 aromatic heterocycles. The zero-order valence-electron chi connectivity index (χ0n) is 21.0. The maximum absolute atomic E-state index is 13.8. The molecule has 33 heavy (non-hydrogen) atoms. The van der Waals surface area contributed by atoms with Crippen LogP contribution >= 0.6 is 0 Å². The lowest BCUT2D eigenvalue weighted by molar-refractivity contribution is -0.209. The van der Waals surface area contributed by atoms with Crippen LogP contribution in [-0.2, 0) is 14.3 Å². The third-order valence-electron chi connectivity index (χ3n) is 13.5. The van der Waals surface area contributed by atoms with Crippen molar-refractivity contribution < 1.29 is 14.3 Å². The summed E-state index contributed by atoms with van der Waals surface area (Å²) in [4.78, 5) is 13.8. The monoisotopic (exact) mass is 452 g/mol. The highest BCUT2D eigenvalue weighted by Crippen LogP contribution is 2.74. The lowest BCUT2D eigenvalue weighted by Crippen LogP contribution is -2.58. The summed E-state index contributed by atoms with van der Waals surface area (Å²) in [5, 5.41) is 0. The minimum atomic E-state index is -0.160. The van der Waals surface area contributed by atoms with Crippen molar-refractivity contribution in [3.63, 3.8) is 0 Å². The second kappa shape index (κ2) is 6.80. The first-order valence-electron chi connectivity index (χ1n) is 14.9. The molecule has 11 unspecified atom stereocenters.